The quantitative estimate of drug-likeness (QED) is 0.423. The first kappa shape index (κ1) is 17.4. The highest BCUT2D eigenvalue weighted by Gasteiger charge is 2.11. The van der Waals surface area contributed by atoms with E-state index in [0.29, 0.717) is 17.7 Å². The van der Waals surface area contributed by atoms with Gasteiger partial charge in [-0.3, -0.25) is 0 Å². The number of aromatic nitrogens is 2. The number of oxime groups is 1. The molecule has 0 unspecified atom stereocenters. The van der Waals surface area contributed by atoms with E-state index < -0.39 is 0 Å². The summed E-state index contributed by atoms with van der Waals surface area (Å²) in [5.41, 5.74) is 3.11. The average Bonchev–Trinajstić information content (AvgIpc) is 3.08. The van der Waals surface area contributed by atoms with Crippen LogP contribution in [0, 0.1) is 0 Å². The summed E-state index contributed by atoms with van der Waals surface area (Å²) in [6, 6.07) is 15.9. The van der Waals surface area contributed by atoms with Crippen molar-refractivity contribution in [2.45, 2.75) is 26.4 Å². The van der Waals surface area contributed by atoms with Gasteiger partial charge in [0, 0.05) is 4.47 Å². The first-order valence-corrected chi connectivity index (χ1v) is 8.75. The Bertz CT molecular complexity index is 857. The Morgan fingerprint density at radius 2 is 1.88 bits per heavy atom. The first-order chi connectivity index (χ1) is 12.1. The van der Waals surface area contributed by atoms with E-state index in [4.69, 9.17) is 9.25 Å². The summed E-state index contributed by atoms with van der Waals surface area (Å²) >= 11 is 3.46. The molecule has 3 aromatic rings. The van der Waals surface area contributed by atoms with Gasteiger partial charge < -0.3 is 9.25 Å². The van der Waals surface area contributed by atoms with Crippen molar-refractivity contribution in [3.63, 3.8) is 0 Å². The van der Waals surface area contributed by atoms with Gasteiger partial charge >= 0.3 is 0 Å². The fourth-order valence-corrected chi connectivity index (χ4v) is 2.67. The molecule has 0 spiro atoms. The molecule has 1 heterocycles. The predicted octanol–water partition coefficient (Wildman–Crippen LogP) is 5.17. The van der Waals surface area contributed by atoms with Crippen LogP contribution in [0.3, 0.4) is 0 Å². The van der Waals surface area contributed by atoms with Gasteiger partial charge in [-0.1, -0.05) is 55.4 Å². The highest BCUT2D eigenvalue weighted by atomic mass is 79.9. The van der Waals surface area contributed by atoms with Gasteiger partial charge in [0.1, 0.15) is 0 Å². The van der Waals surface area contributed by atoms with Gasteiger partial charge in [-0.25, -0.2) is 0 Å². The van der Waals surface area contributed by atoms with E-state index in [2.05, 4.69) is 57.3 Å². The zero-order valence-corrected chi connectivity index (χ0v) is 15.6. The van der Waals surface area contributed by atoms with Gasteiger partial charge in [-0.15, -0.1) is 10.2 Å². The standard InChI is InChI=1S/C19H18BrN3O2/c1-13(2)15-9-7-14(8-10-15)11-21-24-12-18-22-23-19(25-18)16-5-3-4-6-17(16)20/h3-11,13H,12H2,1-2H3/b21-11-. The Labute approximate surface area is 154 Å². The largest absolute Gasteiger partial charge is 0.417 e. The van der Waals surface area contributed by atoms with Crippen molar-refractivity contribution in [2.75, 3.05) is 0 Å². The molecule has 0 fully saturated rings. The van der Waals surface area contributed by atoms with Gasteiger partial charge in [0.05, 0.1) is 11.8 Å². The second-order valence-corrected chi connectivity index (χ2v) is 6.66. The Hall–Kier alpha value is -2.47. The van der Waals surface area contributed by atoms with Crippen molar-refractivity contribution in [3.05, 3.63) is 70.0 Å². The van der Waals surface area contributed by atoms with Crippen LogP contribution in [0.5, 0.6) is 0 Å². The van der Waals surface area contributed by atoms with E-state index in [1.54, 1.807) is 6.21 Å². The van der Waals surface area contributed by atoms with Crippen LogP contribution < -0.4 is 0 Å². The van der Waals surface area contributed by atoms with E-state index in [9.17, 15) is 0 Å². The van der Waals surface area contributed by atoms with Gasteiger partial charge in [0.15, 0.2) is 6.61 Å². The van der Waals surface area contributed by atoms with E-state index in [1.165, 1.54) is 5.56 Å². The normalized spacial score (nSPS) is 11.4. The van der Waals surface area contributed by atoms with Crippen LogP contribution in [0.4, 0.5) is 0 Å². The van der Waals surface area contributed by atoms with E-state index in [0.717, 1.165) is 15.6 Å². The fraction of sp³-hybridized carbons (Fsp3) is 0.211. The third-order valence-corrected chi connectivity index (χ3v) is 4.33. The summed E-state index contributed by atoms with van der Waals surface area (Å²) in [7, 11) is 0. The van der Waals surface area contributed by atoms with E-state index in [-0.39, 0.29) is 6.61 Å². The number of rotatable bonds is 6. The molecular weight excluding hydrogens is 382 g/mol. The fourth-order valence-electron chi connectivity index (χ4n) is 2.21. The van der Waals surface area contributed by atoms with Crippen molar-refractivity contribution < 1.29 is 9.25 Å². The molecule has 0 amide bonds. The van der Waals surface area contributed by atoms with Crippen LogP contribution in [0.25, 0.3) is 11.5 Å². The lowest BCUT2D eigenvalue weighted by Crippen LogP contribution is -1.90. The van der Waals surface area contributed by atoms with Gasteiger partial charge in [0.25, 0.3) is 5.89 Å². The molecule has 0 aliphatic heterocycles. The minimum absolute atomic E-state index is 0.123. The molecule has 2 aromatic carbocycles. The Kier molecular flexibility index (Phi) is 5.60. The number of hydrogen-bond acceptors (Lipinski definition) is 5. The molecule has 1 aromatic heterocycles. The molecule has 0 aliphatic rings. The van der Waals surface area contributed by atoms with Gasteiger partial charge in [-0.2, -0.15) is 0 Å². The highest BCUT2D eigenvalue weighted by molar-refractivity contribution is 9.10. The van der Waals surface area contributed by atoms with Crippen molar-refractivity contribution in [1.82, 2.24) is 10.2 Å². The predicted molar refractivity (Wildman–Crippen MR) is 100 cm³/mol. The molecule has 0 bridgehead atoms. The van der Waals surface area contributed by atoms with Crippen LogP contribution in [0.15, 0.2) is 62.6 Å². The molecule has 25 heavy (non-hydrogen) atoms. The van der Waals surface area contributed by atoms with Crippen LogP contribution in [-0.4, -0.2) is 16.4 Å². The van der Waals surface area contributed by atoms with E-state index >= 15 is 0 Å². The summed E-state index contributed by atoms with van der Waals surface area (Å²) in [4.78, 5) is 5.24. The summed E-state index contributed by atoms with van der Waals surface area (Å²) < 4.78 is 6.49. The third kappa shape index (κ3) is 4.54. The minimum Gasteiger partial charge on any atom is -0.417 e. The second-order valence-electron chi connectivity index (χ2n) is 5.81. The van der Waals surface area contributed by atoms with Gasteiger partial charge in [-0.05, 0) is 45.1 Å². The molecular formula is C19H18BrN3O2. The molecule has 128 valence electrons. The SMILES string of the molecule is CC(C)c1ccc(/C=N\OCc2nnc(-c3ccccc3Br)o2)cc1. The highest BCUT2D eigenvalue weighted by Crippen LogP contribution is 2.26. The zero-order valence-electron chi connectivity index (χ0n) is 14.0. The lowest BCUT2D eigenvalue weighted by molar-refractivity contribution is 0.112. The first-order valence-electron chi connectivity index (χ1n) is 7.96. The molecule has 0 saturated heterocycles. The topological polar surface area (TPSA) is 60.5 Å². The average molecular weight is 400 g/mol. The number of nitrogens with zero attached hydrogens (tertiary/aromatic N) is 3. The minimum atomic E-state index is 0.123. The molecule has 0 atom stereocenters. The summed E-state index contributed by atoms with van der Waals surface area (Å²) in [6.07, 6.45) is 1.66. The van der Waals surface area contributed by atoms with Gasteiger partial charge in [0.2, 0.25) is 5.89 Å². The smallest absolute Gasteiger partial charge is 0.257 e. The molecule has 0 N–H and O–H groups in total. The lowest BCUT2D eigenvalue weighted by atomic mass is 10.0. The maximum absolute atomic E-state index is 5.59. The zero-order chi connectivity index (χ0) is 17.6. The maximum atomic E-state index is 5.59. The molecule has 6 heteroatoms. The number of halogens is 1. The Morgan fingerprint density at radius 1 is 1.12 bits per heavy atom. The molecule has 0 saturated carbocycles. The van der Waals surface area contributed by atoms with Crippen LogP contribution in [-0.2, 0) is 11.4 Å². The second kappa shape index (κ2) is 8.07. The Morgan fingerprint density at radius 3 is 2.60 bits per heavy atom. The van der Waals surface area contributed by atoms with Crippen LogP contribution in [0.1, 0.15) is 36.8 Å². The monoisotopic (exact) mass is 399 g/mol. The lowest BCUT2D eigenvalue weighted by Gasteiger charge is -2.04. The van der Waals surface area contributed by atoms with E-state index in [1.807, 2.05) is 36.4 Å². The molecule has 0 aliphatic carbocycles. The van der Waals surface area contributed by atoms with Crippen LogP contribution in [0.2, 0.25) is 0 Å². The molecule has 3 rings (SSSR count). The van der Waals surface area contributed by atoms with Crippen molar-refractivity contribution in [3.8, 4) is 11.5 Å². The summed E-state index contributed by atoms with van der Waals surface area (Å²) in [6.45, 7) is 4.45. The number of benzene rings is 2. The molecule has 5 nitrogen and oxygen atoms in total. The maximum Gasteiger partial charge on any atom is 0.257 e. The Balaban J connectivity index is 1.57. The third-order valence-electron chi connectivity index (χ3n) is 3.64. The summed E-state index contributed by atoms with van der Waals surface area (Å²) in [5, 5.41) is 12.0. The van der Waals surface area contributed by atoms with Crippen molar-refractivity contribution in [1.29, 1.82) is 0 Å². The number of hydrogen-bond donors (Lipinski definition) is 0. The summed E-state index contributed by atoms with van der Waals surface area (Å²) in [5.74, 6) is 1.33. The van der Waals surface area contributed by atoms with Crippen molar-refractivity contribution in [2.24, 2.45) is 5.16 Å². The molecule has 0 radical (unpaired) electrons. The van der Waals surface area contributed by atoms with Crippen LogP contribution >= 0.6 is 15.9 Å². The van der Waals surface area contributed by atoms with Crippen molar-refractivity contribution >= 4 is 22.1 Å².